The van der Waals surface area contributed by atoms with Gasteiger partial charge in [0.15, 0.2) is 0 Å². The van der Waals surface area contributed by atoms with Gasteiger partial charge in [-0.25, -0.2) is 4.79 Å². The Balaban J connectivity index is 1.52. The maximum Gasteiger partial charge on any atom is 0.317 e. The molecule has 1 N–H and O–H groups in total. The Kier molecular flexibility index (Phi) is 5.87. The molecule has 0 bridgehead atoms. The summed E-state index contributed by atoms with van der Waals surface area (Å²) in [6.07, 6.45) is 7.48. The van der Waals surface area contributed by atoms with Crippen LogP contribution in [-0.4, -0.2) is 51.4 Å². The van der Waals surface area contributed by atoms with Gasteiger partial charge in [0.25, 0.3) is 0 Å². The van der Waals surface area contributed by atoms with E-state index >= 15 is 0 Å². The molecule has 3 rings (SSSR count). The first-order valence-electron chi connectivity index (χ1n) is 8.78. The van der Waals surface area contributed by atoms with Crippen molar-refractivity contribution in [2.24, 2.45) is 0 Å². The molecule has 134 valence electrons. The number of amides is 2. The van der Waals surface area contributed by atoms with Crippen molar-refractivity contribution in [2.45, 2.75) is 44.4 Å². The van der Waals surface area contributed by atoms with E-state index < -0.39 is 0 Å². The van der Waals surface area contributed by atoms with Gasteiger partial charge in [-0.3, -0.25) is 0 Å². The van der Waals surface area contributed by atoms with Crippen LogP contribution in [-0.2, 0) is 6.54 Å². The number of rotatable bonds is 6. The zero-order valence-electron chi connectivity index (χ0n) is 14.5. The monoisotopic (exact) mass is 343 g/mol. The van der Waals surface area contributed by atoms with E-state index in [2.05, 4.69) is 15.5 Å². The second-order valence-corrected chi connectivity index (χ2v) is 6.43. The number of carbonyl (C=O) groups is 1. The molecule has 0 saturated heterocycles. The number of para-hydroxylation sites is 1. The number of ether oxygens (including phenoxy) is 1. The highest BCUT2D eigenvalue weighted by Crippen LogP contribution is 2.24. The van der Waals surface area contributed by atoms with Crippen molar-refractivity contribution in [3.63, 3.8) is 0 Å². The molecule has 1 aromatic carbocycles. The van der Waals surface area contributed by atoms with Gasteiger partial charge in [0, 0.05) is 20.1 Å². The molecular weight excluding hydrogens is 318 g/mol. The van der Waals surface area contributed by atoms with Crippen LogP contribution in [0.5, 0.6) is 5.75 Å². The normalized spacial score (nSPS) is 20.0. The molecule has 1 aromatic heterocycles. The molecule has 2 atom stereocenters. The highest BCUT2D eigenvalue weighted by atomic mass is 16.5. The first kappa shape index (κ1) is 17.3. The van der Waals surface area contributed by atoms with Crippen molar-refractivity contribution < 1.29 is 9.53 Å². The Morgan fingerprint density at radius 2 is 1.96 bits per heavy atom. The van der Waals surface area contributed by atoms with Crippen LogP contribution in [0.3, 0.4) is 0 Å². The van der Waals surface area contributed by atoms with Crippen LogP contribution in [0.4, 0.5) is 4.79 Å². The molecule has 2 aromatic rings. The number of nitrogens with one attached hydrogen (secondary N) is 1. The van der Waals surface area contributed by atoms with Gasteiger partial charge in [-0.1, -0.05) is 24.6 Å². The van der Waals surface area contributed by atoms with E-state index in [4.69, 9.17) is 4.74 Å². The van der Waals surface area contributed by atoms with E-state index in [1.165, 1.54) is 0 Å². The number of carbonyl (C=O) groups excluding carboxylic acids is 1. The molecule has 1 fully saturated rings. The van der Waals surface area contributed by atoms with Gasteiger partial charge in [-0.05, 0) is 31.4 Å². The van der Waals surface area contributed by atoms with Gasteiger partial charge in [0.1, 0.15) is 24.5 Å². The van der Waals surface area contributed by atoms with E-state index in [9.17, 15) is 4.79 Å². The standard InChI is InChI=1S/C18H25N5O2/c1-22(11-12-23-13-19-20-14-23)18(24)21-16-9-5-6-10-17(16)25-15-7-3-2-4-8-15/h2-4,7-8,13-14,16-17H,5-6,9-12H2,1H3,(H,21,24)/t16-,17-/m0/s1. The number of urea groups is 1. The van der Waals surface area contributed by atoms with E-state index in [0.717, 1.165) is 31.4 Å². The zero-order chi connectivity index (χ0) is 17.5. The molecule has 0 spiro atoms. The fourth-order valence-corrected chi connectivity index (χ4v) is 3.05. The smallest absolute Gasteiger partial charge is 0.317 e. The highest BCUT2D eigenvalue weighted by Gasteiger charge is 2.29. The Morgan fingerprint density at radius 3 is 2.72 bits per heavy atom. The van der Waals surface area contributed by atoms with Crippen molar-refractivity contribution >= 4 is 6.03 Å². The topological polar surface area (TPSA) is 72.3 Å². The molecule has 7 heteroatoms. The molecule has 1 aliphatic rings. The summed E-state index contributed by atoms with van der Waals surface area (Å²) in [5.74, 6) is 0.856. The first-order valence-corrected chi connectivity index (χ1v) is 8.78. The summed E-state index contributed by atoms with van der Waals surface area (Å²) < 4.78 is 7.97. The summed E-state index contributed by atoms with van der Waals surface area (Å²) in [5.41, 5.74) is 0. The predicted molar refractivity (Wildman–Crippen MR) is 94.3 cm³/mol. The zero-order valence-corrected chi connectivity index (χ0v) is 14.5. The summed E-state index contributed by atoms with van der Waals surface area (Å²) in [7, 11) is 1.80. The van der Waals surface area contributed by atoms with Gasteiger partial charge in [-0.2, -0.15) is 0 Å². The van der Waals surface area contributed by atoms with Gasteiger partial charge in [-0.15, -0.1) is 10.2 Å². The van der Waals surface area contributed by atoms with E-state index in [1.807, 2.05) is 34.9 Å². The Bertz CT molecular complexity index is 647. The van der Waals surface area contributed by atoms with Crippen LogP contribution in [0.1, 0.15) is 25.7 Å². The fraction of sp³-hybridized carbons (Fsp3) is 0.500. The lowest BCUT2D eigenvalue weighted by atomic mass is 9.92. The molecule has 2 amide bonds. The quantitative estimate of drug-likeness (QED) is 0.874. The number of hydrogen-bond acceptors (Lipinski definition) is 4. The fourth-order valence-electron chi connectivity index (χ4n) is 3.05. The molecule has 0 radical (unpaired) electrons. The molecule has 1 saturated carbocycles. The van der Waals surface area contributed by atoms with Gasteiger partial charge < -0.3 is 19.5 Å². The Morgan fingerprint density at radius 1 is 1.24 bits per heavy atom. The van der Waals surface area contributed by atoms with Crippen molar-refractivity contribution in [1.29, 1.82) is 0 Å². The third-order valence-electron chi connectivity index (χ3n) is 4.55. The average Bonchev–Trinajstić information content (AvgIpc) is 3.16. The van der Waals surface area contributed by atoms with E-state index in [0.29, 0.717) is 13.1 Å². The summed E-state index contributed by atoms with van der Waals surface area (Å²) in [4.78, 5) is 14.2. The first-order chi connectivity index (χ1) is 12.2. The number of nitrogens with zero attached hydrogens (tertiary/aromatic N) is 4. The third kappa shape index (κ3) is 4.95. The molecular formula is C18H25N5O2. The Labute approximate surface area is 148 Å². The van der Waals surface area contributed by atoms with Crippen LogP contribution >= 0.6 is 0 Å². The van der Waals surface area contributed by atoms with Crippen LogP contribution < -0.4 is 10.1 Å². The van der Waals surface area contributed by atoms with E-state index in [1.54, 1.807) is 24.6 Å². The van der Waals surface area contributed by atoms with Crippen LogP contribution in [0.15, 0.2) is 43.0 Å². The summed E-state index contributed by atoms with van der Waals surface area (Å²) in [6.45, 7) is 1.27. The molecule has 1 aliphatic carbocycles. The highest BCUT2D eigenvalue weighted by molar-refractivity contribution is 5.74. The largest absolute Gasteiger partial charge is 0.488 e. The Hall–Kier alpha value is -2.57. The lowest BCUT2D eigenvalue weighted by Gasteiger charge is -2.33. The van der Waals surface area contributed by atoms with E-state index in [-0.39, 0.29) is 18.2 Å². The molecule has 0 unspecified atom stereocenters. The van der Waals surface area contributed by atoms with Crippen LogP contribution in [0.25, 0.3) is 0 Å². The minimum Gasteiger partial charge on any atom is -0.488 e. The molecule has 1 heterocycles. The van der Waals surface area contributed by atoms with Crippen LogP contribution in [0.2, 0.25) is 0 Å². The SMILES string of the molecule is CN(CCn1cnnc1)C(=O)N[C@H]1CCCC[C@@H]1Oc1ccccc1. The number of likely N-dealkylation sites (N-methyl/N-ethyl adjacent to an activating group) is 1. The third-order valence-corrected chi connectivity index (χ3v) is 4.55. The molecule has 7 nitrogen and oxygen atoms in total. The number of aromatic nitrogens is 3. The van der Waals surface area contributed by atoms with Gasteiger partial charge >= 0.3 is 6.03 Å². The van der Waals surface area contributed by atoms with Crippen LogP contribution in [0, 0.1) is 0 Å². The van der Waals surface area contributed by atoms with Crippen molar-refractivity contribution in [3.8, 4) is 5.75 Å². The maximum atomic E-state index is 12.5. The van der Waals surface area contributed by atoms with Gasteiger partial charge in [0.05, 0.1) is 6.04 Å². The predicted octanol–water partition coefficient (Wildman–Crippen LogP) is 2.31. The molecule has 0 aliphatic heterocycles. The lowest BCUT2D eigenvalue weighted by Crippen LogP contribution is -2.51. The van der Waals surface area contributed by atoms with Crippen molar-refractivity contribution in [3.05, 3.63) is 43.0 Å². The van der Waals surface area contributed by atoms with Crippen molar-refractivity contribution in [2.75, 3.05) is 13.6 Å². The minimum absolute atomic E-state index is 0.0198. The summed E-state index contributed by atoms with van der Waals surface area (Å²) in [6, 6.07) is 9.78. The second-order valence-electron chi connectivity index (χ2n) is 6.43. The molecule has 25 heavy (non-hydrogen) atoms. The van der Waals surface area contributed by atoms with Gasteiger partial charge in [0.2, 0.25) is 0 Å². The second kappa shape index (κ2) is 8.50. The maximum absolute atomic E-state index is 12.5. The number of hydrogen-bond donors (Lipinski definition) is 1. The lowest BCUT2D eigenvalue weighted by molar-refractivity contribution is 0.112. The summed E-state index contributed by atoms with van der Waals surface area (Å²) in [5, 5.41) is 10.7. The summed E-state index contributed by atoms with van der Waals surface area (Å²) >= 11 is 0. The van der Waals surface area contributed by atoms with Crippen molar-refractivity contribution in [1.82, 2.24) is 25.0 Å². The minimum atomic E-state index is -0.0679. The number of benzene rings is 1. The average molecular weight is 343 g/mol.